The fraction of sp³-hybridized carbons (Fsp3) is 0.625. The van der Waals surface area contributed by atoms with E-state index in [0.717, 1.165) is 12.1 Å². The molecule has 2 N–H and O–H groups in total. The molecule has 0 aromatic heterocycles. The molecule has 0 saturated carbocycles. The van der Waals surface area contributed by atoms with Gasteiger partial charge in [0.1, 0.15) is 0 Å². The molecule has 3 heteroatoms. The summed E-state index contributed by atoms with van der Waals surface area (Å²) in [4.78, 5) is 2.82. The fourth-order valence-corrected chi connectivity index (χ4v) is 5.05. The largest absolute Gasteiger partial charge is 0.328 e. The molecule has 0 amide bonds. The molecular formula is C16H21BrN2. The smallest absolute Gasteiger partial charge is 0.0359 e. The van der Waals surface area contributed by atoms with Crippen molar-refractivity contribution in [2.24, 2.45) is 5.73 Å². The summed E-state index contributed by atoms with van der Waals surface area (Å²) in [5.41, 5.74) is 9.33. The van der Waals surface area contributed by atoms with Gasteiger partial charge in [-0.1, -0.05) is 22.0 Å². The number of fused-ring (bicyclic) bond motifs is 3. The van der Waals surface area contributed by atoms with Crippen molar-refractivity contribution in [1.82, 2.24) is 4.90 Å². The van der Waals surface area contributed by atoms with Crippen LogP contribution in [0.3, 0.4) is 0 Å². The Morgan fingerprint density at radius 1 is 1.11 bits per heavy atom. The summed E-state index contributed by atoms with van der Waals surface area (Å²) >= 11 is 3.59. The van der Waals surface area contributed by atoms with Crippen LogP contribution in [0.1, 0.15) is 49.3 Å². The number of halogens is 1. The minimum absolute atomic E-state index is 0.444. The van der Waals surface area contributed by atoms with Crippen LogP contribution in [0.15, 0.2) is 22.7 Å². The monoisotopic (exact) mass is 320 g/mol. The molecule has 1 aromatic carbocycles. The average Bonchev–Trinajstić information content (AvgIpc) is 2.88. The maximum absolute atomic E-state index is 6.20. The van der Waals surface area contributed by atoms with E-state index in [4.69, 9.17) is 5.73 Å². The third-order valence-electron chi connectivity index (χ3n) is 5.34. The van der Waals surface area contributed by atoms with E-state index in [-0.39, 0.29) is 0 Å². The van der Waals surface area contributed by atoms with Crippen LogP contribution in [0.5, 0.6) is 0 Å². The molecule has 4 rings (SSSR count). The zero-order chi connectivity index (χ0) is 13.0. The number of hydrogen-bond donors (Lipinski definition) is 1. The van der Waals surface area contributed by atoms with Crippen LogP contribution in [-0.4, -0.2) is 23.0 Å². The van der Waals surface area contributed by atoms with E-state index in [1.54, 1.807) is 11.1 Å². The van der Waals surface area contributed by atoms with Gasteiger partial charge >= 0.3 is 0 Å². The fourth-order valence-electron chi connectivity index (χ4n) is 4.64. The van der Waals surface area contributed by atoms with Gasteiger partial charge in [-0.2, -0.15) is 0 Å². The van der Waals surface area contributed by atoms with E-state index in [1.807, 2.05) is 0 Å². The molecule has 1 aromatic rings. The summed E-state index contributed by atoms with van der Waals surface area (Å²) in [6, 6.07) is 9.45. The van der Waals surface area contributed by atoms with Gasteiger partial charge in [-0.05, 0) is 61.8 Å². The first-order valence-corrected chi connectivity index (χ1v) is 8.33. The van der Waals surface area contributed by atoms with Crippen molar-refractivity contribution in [2.75, 3.05) is 0 Å². The Balaban J connectivity index is 1.66. The van der Waals surface area contributed by atoms with Crippen molar-refractivity contribution in [3.63, 3.8) is 0 Å². The minimum Gasteiger partial charge on any atom is -0.328 e. The summed E-state index contributed by atoms with van der Waals surface area (Å²) in [5, 5.41) is 0. The maximum atomic E-state index is 6.20. The Morgan fingerprint density at radius 3 is 2.58 bits per heavy atom. The van der Waals surface area contributed by atoms with Crippen molar-refractivity contribution < 1.29 is 0 Å². The second kappa shape index (κ2) is 4.57. The van der Waals surface area contributed by atoms with E-state index in [9.17, 15) is 0 Å². The third-order valence-corrected chi connectivity index (χ3v) is 5.83. The van der Waals surface area contributed by atoms with Gasteiger partial charge in [0.25, 0.3) is 0 Å². The molecule has 1 aliphatic carbocycles. The molecule has 2 bridgehead atoms. The topological polar surface area (TPSA) is 29.3 Å². The lowest BCUT2D eigenvalue weighted by atomic mass is 9.94. The van der Waals surface area contributed by atoms with Gasteiger partial charge in [0.2, 0.25) is 0 Å². The number of hydrogen-bond acceptors (Lipinski definition) is 2. The van der Waals surface area contributed by atoms with Crippen LogP contribution in [-0.2, 0) is 6.42 Å². The molecular weight excluding hydrogens is 300 g/mol. The van der Waals surface area contributed by atoms with Gasteiger partial charge in [-0.15, -0.1) is 0 Å². The lowest BCUT2D eigenvalue weighted by Crippen LogP contribution is -2.48. The molecule has 19 heavy (non-hydrogen) atoms. The minimum atomic E-state index is 0.444. The van der Waals surface area contributed by atoms with Gasteiger partial charge in [0.15, 0.2) is 0 Å². The van der Waals surface area contributed by atoms with Crippen LogP contribution in [0, 0.1) is 0 Å². The van der Waals surface area contributed by atoms with Crippen LogP contribution in [0.4, 0.5) is 0 Å². The second-order valence-corrected chi connectivity index (χ2v) is 7.38. The van der Waals surface area contributed by atoms with Crippen molar-refractivity contribution in [2.45, 2.75) is 62.7 Å². The Morgan fingerprint density at radius 2 is 1.84 bits per heavy atom. The Labute approximate surface area is 123 Å². The average molecular weight is 321 g/mol. The zero-order valence-electron chi connectivity index (χ0n) is 11.2. The highest BCUT2D eigenvalue weighted by molar-refractivity contribution is 9.10. The summed E-state index contributed by atoms with van der Waals surface area (Å²) < 4.78 is 1.22. The van der Waals surface area contributed by atoms with Gasteiger partial charge in [-0.25, -0.2) is 0 Å². The molecule has 2 aliphatic heterocycles. The van der Waals surface area contributed by atoms with Gasteiger partial charge in [0.05, 0.1) is 0 Å². The molecule has 0 radical (unpaired) electrons. The first kappa shape index (κ1) is 12.4. The van der Waals surface area contributed by atoms with Crippen molar-refractivity contribution >= 4 is 15.9 Å². The molecule has 3 aliphatic rings. The van der Waals surface area contributed by atoms with E-state index in [0.29, 0.717) is 12.1 Å². The first-order valence-electron chi connectivity index (χ1n) is 7.53. The summed E-state index contributed by atoms with van der Waals surface area (Å²) in [5.74, 6) is 0. The molecule has 2 saturated heterocycles. The summed E-state index contributed by atoms with van der Waals surface area (Å²) in [6.07, 6.45) is 7.68. The van der Waals surface area contributed by atoms with Crippen molar-refractivity contribution in [1.29, 1.82) is 0 Å². The lowest BCUT2D eigenvalue weighted by Gasteiger charge is -2.42. The molecule has 0 spiro atoms. The second-order valence-electron chi connectivity index (χ2n) is 6.46. The predicted octanol–water partition coefficient (Wildman–Crippen LogP) is 3.39. The Hall–Kier alpha value is -0.380. The van der Waals surface area contributed by atoms with Crippen LogP contribution < -0.4 is 5.73 Å². The number of rotatable bonds is 1. The molecule has 2 fully saturated rings. The molecule has 102 valence electrons. The van der Waals surface area contributed by atoms with Crippen LogP contribution >= 0.6 is 15.9 Å². The summed E-state index contributed by atoms with van der Waals surface area (Å²) in [7, 11) is 0. The summed E-state index contributed by atoms with van der Waals surface area (Å²) in [6.45, 7) is 0. The number of piperidine rings is 1. The lowest BCUT2D eigenvalue weighted by molar-refractivity contribution is 0.0774. The molecule has 2 nitrogen and oxygen atoms in total. The third kappa shape index (κ3) is 1.98. The Bertz CT molecular complexity index is 488. The maximum Gasteiger partial charge on any atom is 0.0359 e. The van der Waals surface area contributed by atoms with Crippen molar-refractivity contribution in [3.05, 3.63) is 33.8 Å². The molecule has 3 atom stereocenters. The number of aryl methyl sites for hydroxylation is 1. The number of nitrogens with zero attached hydrogens (tertiary/aromatic N) is 1. The zero-order valence-corrected chi connectivity index (χ0v) is 12.8. The van der Waals surface area contributed by atoms with Gasteiger partial charge < -0.3 is 5.73 Å². The van der Waals surface area contributed by atoms with E-state index in [2.05, 4.69) is 39.0 Å². The number of nitrogens with two attached hydrogens (primary N) is 1. The standard InChI is InChI=1S/C16H21BrN2/c17-11-2-5-15-10(7-11)1-6-16(15)19-13-3-4-14(19)9-12(18)8-13/h2,5,7,12-14,16H,1,3-4,6,8-9,18H2. The highest BCUT2D eigenvalue weighted by Gasteiger charge is 2.44. The molecule has 2 heterocycles. The van der Waals surface area contributed by atoms with Gasteiger partial charge in [0, 0.05) is 28.6 Å². The van der Waals surface area contributed by atoms with Crippen molar-refractivity contribution in [3.8, 4) is 0 Å². The normalized spacial score (nSPS) is 37.6. The van der Waals surface area contributed by atoms with E-state index in [1.165, 1.54) is 43.0 Å². The highest BCUT2D eigenvalue weighted by Crippen LogP contribution is 2.46. The quantitative estimate of drug-likeness (QED) is 0.859. The number of benzene rings is 1. The molecule has 3 unspecified atom stereocenters. The van der Waals surface area contributed by atoms with E-state index >= 15 is 0 Å². The Kier molecular flexibility index (Phi) is 2.98. The van der Waals surface area contributed by atoms with Crippen LogP contribution in [0.2, 0.25) is 0 Å². The first-order chi connectivity index (χ1) is 9.22. The van der Waals surface area contributed by atoms with Gasteiger partial charge in [-0.3, -0.25) is 4.90 Å². The highest BCUT2D eigenvalue weighted by atomic mass is 79.9. The van der Waals surface area contributed by atoms with Crippen LogP contribution in [0.25, 0.3) is 0 Å². The SMILES string of the molecule is NC1CC2CCC(C1)N2C1CCc2cc(Br)ccc21. The predicted molar refractivity (Wildman–Crippen MR) is 81.1 cm³/mol. The van der Waals surface area contributed by atoms with E-state index < -0.39 is 0 Å².